The second-order valence-corrected chi connectivity index (χ2v) is 8.72. The minimum absolute atomic E-state index is 0.382. The maximum absolute atomic E-state index is 12.2. The van der Waals surface area contributed by atoms with E-state index in [0.717, 1.165) is 33.6 Å². The van der Waals surface area contributed by atoms with Crippen LogP contribution in [0.15, 0.2) is 97.3 Å². The van der Waals surface area contributed by atoms with Crippen molar-refractivity contribution in [3.05, 3.63) is 119 Å². The molecule has 0 bridgehead atoms. The first-order valence-corrected chi connectivity index (χ1v) is 11.8. The number of esters is 1. The lowest BCUT2D eigenvalue weighted by molar-refractivity contribution is 0.0602. The number of nitrogens with one attached hydrogen (secondary N) is 1. The van der Waals surface area contributed by atoms with E-state index >= 15 is 0 Å². The number of hydrogen-bond acceptors (Lipinski definition) is 5. The van der Waals surface area contributed by atoms with E-state index in [1.165, 1.54) is 7.11 Å². The van der Waals surface area contributed by atoms with Crippen LogP contribution in [0.3, 0.4) is 0 Å². The van der Waals surface area contributed by atoms with Crippen LogP contribution in [-0.4, -0.2) is 22.6 Å². The van der Waals surface area contributed by atoms with Crippen LogP contribution in [-0.2, 0) is 17.9 Å². The number of aromatic nitrogens is 2. The molecule has 0 atom stereocenters. The summed E-state index contributed by atoms with van der Waals surface area (Å²) >= 11 is 6.07. The second kappa shape index (κ2) is 10.5. The van der Waals surface area contributed by atoms with Crippen molar-refractivity contribution in [2.24, 2.45) is 0 Å². The van der Waals surface area contributed by atoms with Crippen LogP contribution >= 0.6 is 11.6 Å². The average Bonchev–Trinajstić information content (AvgIpc) is 3.30. The van der Waals surface area contributed by atoms with Gasteiger partial charge in [-0.25, -0.2) is 4.79 Å². The van der Waals surface area contributed by atoms with Crippen LogP contribution < -0.4 is 10.1 Å². The zero-order chi connectivity index (χ0) is 24.9. The van der Waals surface area contributed by atoms with E-state index in [-0.39, 0.29) is 0 Å². The van der Waals surface area contributed by atoms with Gasteiger partial charge in [-0.05, 0) is 72.3 Å². The Balaban J connectivity index is 1.32. The molecule has 0 aliphatic heterocycles. The summed E-state index contributed by atoms with van der Waals surface area (Å²) < 4.78 is 13.0. The molecule has 5 aromatic rings. The molecule has 0 amide bonds. The van der Waals surface area contributed by atoms with Gasteiger partial charge in [0.25, 0.3) is 0 Å². The summed E-state index contributed by atoms with van der Waals surface area (Å²) in [6.45, 7) is 1.14. The topological polar surface area (TPSA) is 65.4 Å². The van der Waals surface area contributed by atoms with Gasteiger partial charge in [-0.3, -0.25) is 4.98 Å². The summed E-state index contributed by atoms with van der Waals surface area (Å²) in [6.07, 6.45) is 3.83. The summed E-state index contributed by atoms with van der Waals surface area (Å²) in [5.74, 6) is 0.365. The summed E-state index contributed by atoms with van der Waals surface area (Å²) in [5, 5.41) is 4.86. The third-order valence-corrected chi connectivity index (χ3v) is 6.04. The molecular weight excluding hydrogens is 474 g/mol. The molecule has 0 aliphatic rings. The van der Waals surface area contributed by atoms with Crippen LogP contribution in [0, 0.1) is 0 Å². The smallest absolute Gasteiger partial charge is 0.340 e. The summed E-state index contributed by atoms with van der Waals surface area (Å²) in [6, 6.07) is 27.2. The monoisotopic (exact) mass is 497 g/mol. The van der Waals surface area contributed by atoms with Gasteiger partial charge in [0.15, 0.2) is 0 Å². The Bertz CT molecular complexity index is 1520. The van der Waals surface area contributed by atoms with Gasteiger partial charge < -0.3 is 19.4 Å². The standard InChI is InChI=1S/C29H24ClN3O3/c1-35-29(34)26-17-22(30)8-10-27(26)32-23-9-11-28-21(16-23)12-14-33(28)18-20-5-4-7-25(15-20)36-19-24-6-2-3-13-31-24/h2-17,32H,18-19H2,1H3. The number of pyridine rings is 1. The molecule has 0 fully saturated rings. The number of anilines is 2. The SMILES string of the molecule is COC(=O)c1cc(Cl)ccc1Nc1ccc2c(ccn2Cc2cccc(OCc3ccccn3)c2)c1. The number of halogens is 1. The van der Waals surface area contributed by atoms with Gasteiger partial charge in [0.05, 0.1) is 24.1 Å². The zero-order valence-electron chi connectivity index (χ0n) is 19.6. The lowest BCUT2D eigenvalue weighted by atomic mass is 10.1. The average molecular weight is 498 g/mol. The van der Waals surface area contributed by atoms with Gasteiger partial charge in [-0.1, -0.05) is 29.8 Å². The number of rotatable bonds is 8. The Morgan fingerprint density at radius 1 is 1.00 bits per heavy atom. The quantitative estimate of drug-likeness (QED) is 0.237. The lowest BCUT2D eigenvalue weighted by Gasteiger charge is -2.12. The molecule has 0 radical (unpaired) electrons. The number of fused-ring (bicyclic) bond motifs is 1. The molecule has 2 heterocycles. The molecule has 0 aliphatic carbocycles. The number of nitrogens with zero attached hydrogens (tertiary/aromatic N) is 2. The molecule has 7 heteroatoms. The largest absolute Gasteiger partial charge is 0.487 e. The normalized spacial score (nSPS) is 10.8. The Morgan fingerprint density at radius 3 is 2.75 bits per heavy atom. The molecule has 6 nitrogen and oxygen atoms in total. The van der Waals surface area contributed by atoms with Crippen molar-refractivity contribution >= 4 is 39.8 Å². The summed E-state index contributed by atoms with van der Waals surface area (Å²) in [7, 11) is 1.35. The van der Waals surface area contributed by atoms with Crippen molar-refractivity contribution in [3.8, 4) is 5.75 Å². The molecule has 0 saturated heterocycles. The van der Waals surface area contributed by atoms with Crippen LogP contribution in [0.1, 0.15) is 21.6 Å². The highest BCUT2D eigenvalue weighted by atomic mass is 35.5. The first kappa shape index (κ1) is 23.5. The molecule has 3 aromatic carbocycles. The molecule has 0 unspecified atom stereocenters. The van der Waals surface area contributed by atoms with Crippen molar-refractivity contribution in [1.82, 2.24) is 9.55 Å². The van der Waals surface area contributed by atoms with E-state index in [0.29, 0.717) is 29.4 Å². The fourth-order valence-electron chi connectivity index (χ4n) is 4.05. The van der Waals surface area contributed by atoms with Gasteiger partial charge in [0, 0.05) is 40.6 Å². The van der Waals surface area contributed by atoms with Crippen molar-refractivity contribution in [2.45, 2.75) is 13.2 Å². The van der Waals surface area contributed by atoms with E-state index in [2.05, 4.69) is 45.3 Å². The Morgan fingerprint density at radius 2 is 1.92 bits per heavy atom. The predicted molar refractivity (Wildman–Crippen MR) is 142 cm³/mol. The van der Waals surface area contributed by atoms with E-state index in [1.807, 2.05) is 42.5 Å². The third kappa shape index (κ3) is 5.34. The van der Waals surface area contributed by atoms with Gasteiger partial charge in [-0.15, -0.1) is 0 Å². The maximum atomic E-state index is 12.2. The molecule has 36 heavy (non-hydrogen) atoms. The van der Waals surface area contributed by atoms with Crippen molar-refractivity contribution in [2.75, 3.05) is 12.4 Å². The van der Waals surface area contributed by atoms with Crippen LogP contribution in [0.25, 0.3) is 10.9 Å². The highest BCUT2D eigenvalue weighted by molar-refractivity contribution is 6.31. The molecule has 1 N–H and O–H groups in total. The first-order valence-electron chi connectivity index (χ1n) is 11.4. The minimum Gasteiger partial charge on any atom is -0.487 e. The highest BCUT2D eigenvalue weighted by Crippen LogP contribution is 2.28. The molecule has 180 valence electrons. The maximum Gasteiger partial charge on any atom is 0.340 e. The zero-order valence-corrected chi connectivity index (χ0v) is 20.4. The number of methoxy groups -OCH3 is 1. The lowest BCUT2D eigenvalue weighted by Crippen LogP contribution is -2.05. The molecular formula is C29H24ClN3O3. The van der Waals surface area contributed by atoms with Gasteiger partial charge >= 0.3 is 5.97 Å². The fraction of sp³-hybridized carbons (Fsp3) is 0.103. The molecule has 5 rings (SSSR count). The Labute approximate surface area is 214 Å². The summed E-state index contributed by atoms with van der Waals surface area (Å²) in [4.78, 5) is 16.5. The second-order valence-electron chi connectivity index (χ2n) is 8.28. The number of carbonyl (C=O) groups excluding carboxylic acids is 1. The van der Waals surface area contributed by atoms with Gasteiger partial charge in [-0.2, -0.15) is 0 Å². The van der Waals surface area contributed by atoms with Gasteiger partial charge in [0.1, 0.15) is 12.4 Å². The van der Waals surface area contributed by atoms with E-state index < -0.39 is 5.97 Å². The number of hydrogen-bond donors (Lipinski definition) is 1. The number of carbonyl (C=O) groups is 1. The van der Waals surface area contributed by atoms with Crippen LogP contribution in [0.2, 0.25) is 5.02 Å². The van der Waals surface area contributed by atoms with E-state index in [1.54, 1.807) is 24.4 Å². The highest BCUT2D eigenvalue weighted by Gasteiger charge is 2.13. The third-order valence-electron chi connectivity index (χ3n) is 5.80. The van der Waals surface area contributed by atoms with E-state index in [4.69, 9.17) is 21.1 Å². The van der Waals surface area contributed by atoms with Crippen molar-refractivity contribution in [1.29, 1.82) is 0 Å². The van der Waals surface area contributed by atoms with E-state index in [9.17, 15) is 4.79 Å². The Hall–Kier alpha value is -4.29. The van der Waals surface area contributed by atoms with Crippen molar-refractivity contribution in [3.63, 3.8) is 0 Å². The molecule has 0 spiro atoms. The predicted octanol–water partition coefficient (Wildman–Crippen LogP) is 6.85. The first-order chi connectivity index (χ1) is 17.6. The Kier molecular flexibility index (Phi) is 6.87. The molecule has 2 aromatic heterocycles. The van der Waals surface area contributed by atoms with Crippen LogP contribution in [0.5, 0.6) is 5.75 Å². The molecule has 0 saturated carbocycles. The van der Waals surface area contributed by atoms with Gasteiger partial charge in [0.2, 0.25) is 0 Å². The van der Waals surface area contributed by atoms with Crippen LogP contribution in [0.4, 0.5) is 11.4 Å². The minimum atomic E-state index is -0.446. The van der Waals surface area contributed by atoms with Crippen molar-refractivity contribution < 1.29 is 14.3 Å². The number of ether oxygens (including phenoxy) is 2. The summed E-state index contributed by atoms with van der Waals surface area (Å²) in [5.41, 5.74) is 5.00. The fourth-order valence-corrected chi connectivity index (χ4v) is 4.22. The number of benzene rings is 3.